The van der Waals surface area contributed by atoms with Crippen LogP contribution < -0.4 is 5.32 Å². The van der Waals surface area contributed by atoms with Gasteiger partial charge in [0.15, 0.2) is 0 Å². The van der Waals surface area contributed by atoms with Crippen LogP contribution in [0.3, 0.4) is 0 Å². The molecule has 1 aromatic rings. The highest BCUT2D eigenvalue weighted by Gasteiger charge is 2.23. The first kappa shape index (κ1) is 16.2. The van der Waals surface area contributed by atoms with Gasteiger partial charge in [-0.05, 0) is 52.6 Å². The highest BCUT2D eigenvalue weighted by molar-refractivity contribution is 5.31. The molecule has 1 rings (SSSR count). The highest BCUT2D eigenvalue weighted by Crippen LogP contribution is 2.27. The molecule has 108 valence electrons. The van der Waals surface area contributed by atoms with Crippen molar-refractivity contribution in [2.75, 3.05) is 13.7 Å². The number of benzene rings is 1. The second-order valence-corrected chi connectivity index (χ2v) is 6.10. The van der Waals surface area contributed by atoms with E-state index in [-0.39, 0.29) is 5.60 Å². The van der Waals surface area contributed by atoms with Gasteiger partial charge in [-0.25, -0.2) is 0 Å². The van der Waals surface area contributed by atoms with Gasteiger partial charge in [-0.15, -0.1) is 0 Å². The Labute approximate surface area is 118 Å². The number of hydrogen-bond donors (Lipinski definition) is 1. The van der Waals surface area contributed by atoms with E-state index >= 15 is 0 Å². The molecule has 0 bridgehead atoms. The van der Waals surface area contributed by atoms with Crippen LogP contribution in [0.2, 0.25) is 0 Å². The third kappa shape index (κ3) is 5.33. The third-order valence-electron chi connectivity index (χ3n) is 3.54. The molecule has 1 N–H and O–H groups in total. The number of methoxy groups -OCH3 is 1. The molecule has 0 heterocycles. The summed E-state index contributed by atoms with van der Waals surface area (Å²) in [5.74, 6) is 0. The maximum Gasteiger partial charge on any atom is 0.0640 e. The SMILES string of the molecule is CCCNC(CC(C)(C)OC)c1cc(C)cc(C)c1. The number of rotatable bonds is 7. The summed E-state index contributed by atoms with van der Waals surface area (Å²) < 4.78 is 5.59. The minimum atomic E-state index is -0.108. The van der Waals surface area contributed by atoms with Crippen LogP contribution >= 0.6 is 0 Å². The molecule has 0 radical (unpaired) electrons. The fourth-order valence-electron chi connectivity index (χ4n) is 2.41. The summed E-state index contributed by atoms with van der Waals surface area (Å²) in [6.07, 6.45) is 2.13. The van der Waals surface area contributed by atoms with E-state index in [0.717, 1.165) is 19.4 Å². The fraction of sp³-hybridized carbons (Fsp3) is 0.647. The molecular weight excluding hydrogens is 234 g/mol. The van der Waals surface area contributed by atoms with Crippen LogP contribution in [0, 0.1) is 13.8 Å². The summed E-state index contributed by atoms with van der Waals surface area (Å²) in [4.78, 5) is 0. The van der Waals surface area contributed by atoms with E-state index in [1.165, 1.54) is 16.7 Å². The predicted octanol–water partition coefficient (Wildman–Crippen LogP) is 4.16. The Morgan fingerprint density at radius 1 is 1.16 bits per heavy atom. The van der Waals surface area contributed by atoms with Gasteiger partial charge in [-0.2, -0.15) is 0 Å². The number of nitrogens with one attached hydrogen (secondary N) is 1. The lowest BCUT2D eigenvalue weighted by molar-refractivity contribution is 0.00684. The molecule has 0 fully saturated rings. The standard InChI is InChI=1S/C17H29NO/c1-7-8-18-16(12-17(4,5)19-6)15-10-13(2)9-14(3)11-15/h9-11,16,18H,7-8,12H2,1-6H3. The summed E-state index contributed by atoms with van der Waals surface area (Å²) in [6.45, 7) is 11.9. The number of aryl methyl sites for hydroxylation is 2. The van der Waals surface area contributed by atoms with Gasteiger partial charge in [0.1, 0.15) is 0 Å². The normalized spacial score (nSPS) is 13.6. The van der Waals surface area contributed by atoms with Gasteiger partial charge >= 0.3 is 0 Å². The molecule has 2 nitrogen and oxygen atoms in total. The second kappa shape index (κ2) is 7.06. The van der Waals surface area contributed by atoms with Gasteiger partial charge in [0.05, 0.1) is 5.60 Å². The van der Waals surface area contributed by atoms with E-state index in [0.29, 0.717) is 6.04 Å². The highest BCUT2D eigenvalue weighted by atomic mass is 16.5. The number of hydrogen-bond acceptors (Lipinski definition) is 2. The lowest BCUT2D eigenvalue weighted by Gasteiger charge is -2.30. The van der Waals surface area contributed by atoms with Crippen LogP contribution in [0.25, 0.3) is 0 Å². The molecule has 0 spiro atoms. The zero-order valence-corrected chi connectivity index (χ0v) is 13.3. The Morgan fingerprint density at radius 2 is 1.74 bits per heavy atom. The second-order valence-electron chi connectivity index (χ2n) is 6.10. The Balaban J connectivity index is 2.95. The molecule has 1 atom stereocenters. The van der Waals surface area contributed by atoms with Crippen molar-refractivity contribution in [1.82, 2.24) is 5.32 Å². The zero-order chi connectivity index (χ0) is 14.5. The topological polar surface area (TPSA) is 21.3 Å². The van der Waals surface area contributed by atoms with E-state index in [2.05, 4.69) is 58.1 Å². The molecular formula is C17H29NO. The first-order valence-electron chi connectivity index (χ1n) is 7.24. The molecule has 2 heteroatoms. The van der Waals surface area contributed by atoms with Crippen molar-refractivity contribution in [1.29, 1.82) is 0 Å². The molecule has 0 aliphatic rings. The summed E-state index contributed by atoms with van der Waals surface area (Å²) in [6, 6.07) is 7.15. The Morgan fingerprint density at radius 3 is 2.21 bits per heavy atom. The summed E-state index contributed by atoms with van der Waals surface area (Å²) in [7, 11) is 1.79. The van der Waals surface area contributed by atoms with Crippen molar-refractivity contribution < 1.29 is 4.74 Å². The summed E-state index contributed by atoms with van der Waals surface area (Å²) in [5.41, 5.74) is 3.92. The Kier molecular flexibility index (Phi) is 6.02. The molecule has 0 aliphatic carbocycles. The first-order chi connectivity index (χ1) is 8.88. The number of ether oxygens (including phenoxy) is 1. The van der Waals surface area contributed by atoms with Crippen molar-refractivity contribution in [3.05, 3.63) is 34.9 Å². The predicted molar refractivity (Wildman–Crippen MR) is 82.7 cm³/mol. The van der Waals surface area contributed by atoms with Gasteiger partial charge < -0.3 is 10.1 Å². The smallest absolute Gasteiger partial charge is 0.0640 e. The lowest BCUT2D eigenvalue weighted by Crippen LogP contribution is -2.32. The quantitative estimate of drug-likeness (QED) is 0.797. The average molecular weight is 263 g/mol. The van der Waals surface area contributed by atoms with Crippen LogP contribution in [0.5, 0.6) is 0 Å². The fourth-order valence-corrected chi connectivity index (χ4v) is 2.41. The third-order valence-corrected chi connectivity index (χ3v) is 3.54. The minimum absolute atomic E-state index is 0.108. The Bertz CT molecular complexity index is 378. The maximum absolute atomic E-state index is 5.59. The van der Waals surface area contributed by atoms with E-state index in [4.69, 9.17) is 4.74 Å². The van der Waals surface area contributed by atoms with Crippen molar-refractivity contribution in [2.45, 2.75) is 59.1 Å². The molecule has 0 saturated carbocycles. The van der Waals surface area contributed by atoms with Crippen LogP contribution in [0.4, 0.5) is 0 Å². The monoisotopic (exact) mass is 263 g/mol. The van der Waals surface area contributed by atoms with Gasteiger partial charge in [-0.3, -0.25) is 0 Å². The lowest BCUT2D eigenvalue weighted by atomic mass is 9.91. The molecule has 0 aromatic heterocycles. The van der Waals surface area contributed by atoms with Crippen LogP contribution in [-0.4, -0.2) is 19.3 Å². The first-order valence-corrected chi connectivity index (χ1v) is 7.24. The zero-order valence-electron chi connectivity index (χ0n) is 13.3. The van der Waals surface area contributed by atoms with Gasteiger partial charge in [0.25, 0.3) is 0 Å². The molecule has 0 aliphatic heterocycles. The molecule has 1 aromatic carbocycles. The van der Waals surface area contributed by atoms with Gasteiger partial charge in [0.2, 0.25) is 0 Å². The largest absolute Gasteiger partial charge is 0.379 e. The van der Waals surface area contributed by atoms with Crippen molar-refractivity contribution >= 4 is 0 Å². The summed E-state index contributed by atoms with van der Waals surface area (Å²) >= 11 is 0. The van der Waals surface area contributed by atoms with Crippen LogP contribution in [-0.2, 0) is 4.74 Å². The van der Waals surface area contributed by atoms with E-state index in [1.807, 2.05) is 0 Å². The molecule has 19 heavy (non-hydrogen) atoms. The summed E-state index contributed by atoms with van der Waals surface area (Å²) in [5, 5.41) is 3.65. The molecule has 1 unspecified atom stereocenters. The maximum atomic E-state index is 5.59. The average Bonchev–Trinajstić information content (AvgIpc) is 2.33. The minimum Gasteiger partial charge on any atom is -0.379 e. The molecule has 0 saturated heterocycles. The van der Waals surface area contributed by atoms with Crippen molar-refractivity contribution in [2.24, 2.45) is 0 Å². The van der Waals surface area contributed by atoms with E-state index in [9.17, 15) is 0 Å². The van der Waals surface area contributed by atoms with Crippen molar-refractivity contribution in [3.63, 3.8) is 0 Å². The van der Waals surface area contributed by atoms with Gasteiger partial charge in [-0.1, -0.05) is 36.2 Å². The van der Waals surface area contributed by atoms with E-state index < -0.39 is 0 Å². The van der Waals surface area contributed by atoms with Crippen LogP contribution in [0.1, 0.15) is 56.3 Å². The van der Waals surface area contributed by atoms with Gasteiger partial charge in [0, 0.05) is 13.2 Å². The Hall–Kier alpha value is -0.860. The molecule has 0 amide bonds. The van der Waals surface area contributed by atoms with E-state index in [1.54, 1.807) is 7.11 Å². The van der Waals surface area contributed by atoms with Crippen molar-refractivity contribution in [3.8, 4) is 0 Å². The van der Waals surface area contributed by atoms with Crippen LogP contribution in [0.15, 0.2) is 18.2 Å².